The van der Waals surface area contributed by atoms with Gasteiger partial charge in [-0.3, -0.25) is 9.58 Å². The number of hydrogen-bond acceptors (Lipinski definition) is 6. The zero-order valence-corrected chi connectivity index (χ0v) is 24.6. The number of rotatable bonds is 7. The fraction of sp³-hybridized carbons (Fsp3) is 0.467. The highest BCUT2D eigenvalue weighted by atomic mass is 32.2. The first-order valence-corrected chi connectivity index (χ1v) is 15.7. The Bertz CT molecular complexity index is 1630. The Labute approximate surface area is 240 Å². The molecule has 0 aliphatic carbocycles. The van der Waals surface area contributed by atoms with Crippen LogP contribution in [0.2, 0.25) is 0 Å². The Balaban J connectivity index is 1.31. The quantitative estimate of drug-likeness (QED) is 0.314. The molecule has 0 amide bonds. The van der Waals surface area contributed by atoms with E-state index in [1.54, 1.807) is 27.3 Å². The molecule has 4 aromatic rings. The van der Waals surface area contributed by atoms with Crippen LogP contribution < -0.4 is 0 Å². The number of piperazine rings is 1. The van der Waals surface area contributed by atoms with Crippen LogP contribution in [0.1, 0.15) is 49.9 Å². The molecule has 11 heteroatoms. The van der Waals surface area contributed by atoms with Gasteiger partial charge in [-0.25, -0.2) is 17.5 Å². The van der Waals surface area contributed by atoms with Gasteiger partial charge in [0.15, 0.2) is 0 Å². The zero-order valence-electron chi connectivity index (χ0n) is 23.8. The molecule has 0 unspecified atom stereocenters. The lowest BCUT2D eigenvalue weighted by atomic mass is 9.96. The number of benzene rings is 2. The molecule has 0 saturated carbocycles. The van der Waals surface area contributed by atoms with Crippen LogP contribution in [-0.4, -0.2) is 76.6 Å². The average molecular weight is 581 g/mol. The molecule has 1 atom stereocenters. The second-order valence-corrected chi connectivity index (χ2v) is 13.5. The van der Waals surface area contributed by atoms with Gasteiger partial charge in [0.1, 0.15) is 10.7 Å². The first-order chi connectivity index (χ1) is 19.7. The second-order valence-electron chi connectivity index (χ2n) is 11.6. The lowest BCUT2D eigenvalue weighted by Gasteiger charge is -2.42. The molecule has 4 heterocycles. The molecule has 2 aromatic heterocycles. The highest BCUT2D eigenvalue weighted by Gasteiger charge is 2.37. The number of nitrogens with zero attached hydrogens (tertiary/aromatic N) is 6. The van der Waals surface area contributed by atoms with Crippen LogP contribution in [0.15, 0.2) is 59.9 Å². The van der Waals surface area contributed by atoms with Crippen molar-refractivity contribution >= 4 is 20.9 Å². The molecule has 0 spiro atoms. The molecule has 0 radical (unpaired) electrons. The molecule has 41 heavy (non-hydrogen) atoms. The number of sulfonamides is 1. The van der Waals surface area contributed by atoms with Crippen molar-refractivity contribution in [2.75, 3.05) is 39.4 Å². The number of hydrogen-bond donors (Lipinski definition) is 0. The topological polar surface area (TPSA) is 85.5 Å². The lowest BCUT2D eigenvalue weighted by Crippen LogP contribution is -2.51. The standard InChI is InChI=1S/C30H37FN6O3S/c1-21(2)18-34-10-11-35(41(38,39)27-17-32-36(19-27)25-8-12-40-13-9-25)20-30(34)28-15-23-16-33-37(29(23)14-22(28)3)26-6-4-24(31)5-7-26/h4-7,14-17,19,21,25,30H,8-13,18,20H2,1-3H3/t30-/m0/s1. The van der Waals surface area contributed by atoms with Gasteiger partial charge >= 0.3 is 0 Å². The molecule has 9 nitrogen and oxygen atoms in total. The van der Waals surface area contributed by atoms with Crippen molar-refractivity contribution in [3.8, 4) is 5.69 Å². The summed E-state index contributed by atoms with van der Waals surface area (Å²) in [6.07, 6.45) is 6.65. The minimum absolute atomic E-state index is 0.106. The average Bonchev–Trinajstić information content (AvgIpc) is 3.62. The third-order valence-electron chi connectivity index (χ3n) is 8.22. The fourth-order valence-electron chi connectivity index (χ4n) is 6.09. The normalized spacial score (nSPS) is 19.9. The summed E-state index contributed by atoms with van der Waals surface area (Å²) in [5.41, 5.74) is 3.86. The van der Waals surface area contributed by atoms with Gasteiger partial charge in [-0.05, 0) is 73.2 Å². The Morgan fingerprint density at radius 3 is 2.54 bits per heavy atom. The summed E-state index contributed by atoms with van der Waals surface area (Å²) in [4.78, 5) is 2.65. The molecule has 6 rings (SSSR count). The van der Waals surface area contributed by atoms with Gasteiger partial charge in [0, 0.05) is 57.0 Å². The fourth-order valence-corrected chi connectivity index (χ4v) is 7.47. The minimum Gasteiger partial charge on any atom is -0.381 e. The van der Waals surface area contributed by atoms with E-state index in [0.29, 0.717) is 38.8 Å². The number of aromatic nitrogens is 4. The molecular weight excluding hydrogens is 543 g/mol. The van der Waals surface area contributed by atoms with Crippen molar-refractivity contribution in [1.29, 1.82) is 0 Å². The summed E-state index contributed by atoms with van der Waals surface area (Å²) in [5, 5.41) is 9.97. The molecular formula is C30H37FN6O3S. The van der Waals surface area contributed by atoms with Gasteiger partial charge in [0.25, 0.3) is 0 Å². The van der Waals surface area contributed by atoms with E-state index in [9.17, 15) is 12.8 Å². The van der Waals surface area contributed by atoms with Crippen LogP contribution in [-0.2, 0) is 14.8 Å². The highest BCUT2D eigenvalue weighted by molar-refractivity contribution is 7.89. The molecule has 2 aromatic carbocycles. The monoisotopic (exact) mass is 580 g/mol. The summed E-state index contributed by atoms with van der Waals surface area (Å²) in [6, 6.07) is 10.6. The first kappa shape index (κ1) is 28.0. The van der Waals surface area contributed by atoms with Crippen molar-refractivity contribution in [3.63, 3.8) is 0 Å². The van der Waals surface area contributed by atoms with Crippen molar-refractivity contribution in [3.05, 3.63) is 71.9 Å². The van der Waals surface area contributed by atoms with Crippen molar-refractivity contribution in [1.82, 2.24) is 28.8 Å². The van der Waals surface area contributed by atoms with Gasteiger partial charge < -0.3 is 4.74 Å². The first-order valence-electron chi connectivity index (χ1n) is 14.3. The van der Waals surface area contributed by atoms with E-state index in [4.69, 9.17) is 4.74 Å². The summed E-state index contributed by atoms with van der Waals surface area (Å²) in [5.74, 6) is 0.144. The SMILES string of the molecule is Cc1cc2c(cnn2-c2ccc(F)cc2)cc1[C@@H]1CN(S(=O)(=O)c2cnn(C3CCOCC3)c2)CCN1CC(C)C. The van der Waals surface area contributed by atoms with E-state index >= 15 is 0 Å². The van der Waals surface area contributed by atoms with Gasteiger partial charge in [0.2, 0.25) is 10.0 Å². The van der Waals surface area contributed by atoms with E-state index in [-0.39, 0.29) is 22.8 Å². The third kappa shape index (κ3) is 5.55. The predicted octanol–water partition coefficient (Wildman–Crippen LogP) is 4.72. The maximum Gasteiger partial charge on any atom is 0.246 e. The van der Waals surface area contributed by atoms with E-state index in [2.05, 4.69) is 48.0 Å². The second kappa shape index (κ2) is 11.3. The van der Waals surface area contributed by atoms with Crippen LogP contribution in [0.5, 0.6) is 0 Å². The number of ether oxygens (including phenoxy) is 1. The zero-order chi connectivity index (χ0) is 28.7. The van der Waals surface area contributed by atoms with Crippen LogP contribution >= 0.6 is 0 Å². The van der Waals surface area contributed by atoms with Crippen LogP contribution in [0, 0.1) is 18.7 Å². The van der Waals surface area contributed by atoms with Crippen LogP contribution in [0.3, 0.4) is 0 Å². The lowest BCUT2D eigenvalue weighted by molar-refractivity contribution is 0.0662. The van der Waals surface area contributed by atoms with E-state index < -0.39 is 10.0 Å². The molecule has 2 aliphatic heterocycles. The minimum atomic E-state index is -3.72. The molecule has 2 fully saturated rings. The van der Waals surface area contributed by atoms with Gasteiger partial charge in [-0.1, -0.05) is 13.8 Å². The summed E-state index contributed by atoms with van der Waals surface area (Å²) >= 11 is 0. The third-order valence-corrected chi connectivity index (χ3v) is 10.0. The highest BCUT2D eigenvalue weighted by Crippen LogP contribution is 2.34. The summed E-state index contributed by atoms with van der Waals surface area (Å²) < 4.78 is 51.9. The van der Waals surface area contributed by atoms with E-state index in [1.807, 2.05) is 10.9 Å². The van der Waals surface area contributed by atoms with Crippen molar-refractivity contribution in [2.45, 2.75) is 50.6 Å². The van der Waals surface area contributed by atoms with Gasteiger partial charge in [0.05, 0.1) is 29.6 Å². The molecule has 2 aliphatic rings. The molecule has 218 valence electrons. The Hall–Kier alpha value is -3.12. The number of fused-ring (bicyclic) bond motifs is 1. The largest absolute Gasteiger partial charge is 0.381 e. The smallest absolute Gasteiger partial charge is 0.246 e. The van der Waals surface area contributed by atoms with Gasteiger partial charge in [-0.2, -0.15) is 14.5 Å². The van der Waals surface area contributed by atoms with E-state index in [1.165, 1.54) is 18.3 Å². The van der Waals surface area contributed by atoms with Crippen LogP contribution in [0.4, 0.5) is 4.39 Å². The summed E-state index contributed by atoms with van der Waals surface area (Å²) in [7, 11) is -3.72. The van der Waals surface area contributed by atoms with Gasteiger partial charge in [-0.15, -0.1) is 0 Å². The Morgan fingerprint density at radius 2 is 1.80 bits per heavy atom. The molecule has 2 saturated heterocycles. The maximum absolute atomic E-state index is 13.9. The predicted molar refractivity (Wildman–Crippen MR) is 155 cm³/mol. The number of halogens is 1. The molecule has 0 bridgehead atoms. The van der Waals surface area contributed by atoms with Crippen molar-refractivity contribution in [2.24, 2.45) is 5.92 Å². The van der Waals surface area contributed by atoms with Crippen molar-refractivity contribution < 1.29 is 17.5 Å². The van der Waals surface area contributed by atoms with E-state index in [0.717, 1.165) is 47.1 Å². The Morgan fingerprint density at radius 1 is 1.05 bits per heavy atom. The Kier molecular flexibility index (Phi) is 7.71. The molecule has 0 N–H and O–H groups in total. The van der Waals surface area contributed by atoms with Crippen LogP contribution in [0.25, 0.3) is 16.6 Å². The summed E-state index contributed by atoms with van der Waals surface area (Å²) in [6.45, 7) is 10.1. The number of aryl methyl sites for hydroxylation is 1. The maximum atomic E-state index is 13.9.